The molecule has 14 nitrogen and oxygen atoms in total. The number of amides is 4. The number of carbonyl (C=O) groups excluding carboxylic acids is 5. The predicted molar refractivity (Wildman–Crippen MR) is 273 cm³/mol. The molecule has 0 bridgehead atoms. The Hall–Kier alpha value is -8.09. The number of morpholine rings is 1. The molecule has 3 aliphatic rings. The normalized spacial score (nSPS) is 21.9. The molecule has 1 spiro atoms. The number of rotatable bonds is 13. The number of phenolic OH excluding ortho intramolecular Hbond substituents is 1. The van der Waals surface area contributed by atoms with Crippen molar-refractivity contribution < 1.29 is 43.7 Å². The number of aliphatic hydroxyl groups excluding tert-OH is 1. The van der Waals surface area contributed by atoms with E-state index in [4.69, 9.17) is 9.47 Å². The number of aliphatic hydroxyl groups is 1. The molecule has 9 rings (SSSR count). The molecule has 372 valence electrons. The Bertz CT molecular complexity index is 3040. The summed E-state index contributed by atoms with van der Waals surface area (Å²) in [7, 11) is 3.16. The first kappa shape index (κ1) is 49.9. The van der Waals surface area contributed by atoms with Crippen molar-refractivity contribution in [3.8, 4) is 17.6 Å². The Labute approximate surface area is 424 Å². The third kappa shape index (κ3) is 9.58. The van der Waals surface area contributed by atoms with E-state index in [2.05, 4.69) is 27.4 Å². The number of hydrogen-bond acceptors (Lipinski definition) is 11. The van der Waals surface area contributed by atoms with E-state index in [0.29, 0.717) is 40.9 Å². The second-order valence-electron chi connectivity index (χ2n) is 19.1. The van der Waals surface area contributed by atoms with Gasteiger partial charge in [-0.05, 0) is 76.7 Å². The fraction of sp³-hybridized carbons (Fsp3) is 0.271. The standard InChI is InChI=1S/C59H57N5O9/c1-37(2)49(55(68)72-4)61-58(71)63-46-32-27-38(20-17-33-62(3)36-39-18-9-5-10-19-39)34-45(46)59(57(63)70)48(54(67)60-35-47(66)40-21-11-6-12-22-40)51-56(69)73-52(42-25-15-8-16-26-42)50(41-23-13-7-14-24-41)64(51)53(59)43-28-30-44(65)31-29-43/h5-16,18-19,21-32,34,37,47-53,65-66H,33,35-36H2,1-4H3,(H,60,67)(H,61,71)/t47-,48+,49-,50+,51+,52-,53-,59+/m0/s1. The van der Waals surface area contributed by atoms with Crippen molar-refractivity contribution >= 4 is 35.5 Å². The van der Waals surface area contributed by atoms with Crippen LogP contribution in [0.2, 0.25) is 0 Å². The SMILES string of the molecule is COC(=O)[C@@H](NC(=O)N1C(=O)[C@@]2(c3cc(C#CCN(C)Cc4ccccc4)ccc31)[C@H](c1ccc(O)cc1)N1[C@H](c3ccccc3)[C@H](c3ccccc3)OC(=O)[C@H]1[C@@H]2C(=O)NC[C@H](O)c1ccccc1)C(C)C. The Kier molecular flexibility index (Phi) is 14.6. The average molecular weight is 980 g/mol. The number of nitrogens with zero attached hydrogens (tertiary/aromatic N) is 3. The number of methoxy groups -OCH3 is 1. The van der Waals surface area contributed by atoms with Gasteiger partial charge in [0.05, 0.1) is 43.4 Å². The van der Waals surface area contributed by atoms with Gasteiger partial charge in [0, 0.05) is 18.7 Å². The van der Waals surface area contributed by atoms with Crippen LogP contribution in [0.3, 0.4) is 0 Å². The van der Waals surface area contributed by atoms with Crippen LogP contribution in [0.5, 0.6) is 5.75 Å². The number of ether oxygens (including phenoxy) is 2. The fourth-order valence-electron chi connectivity index (χ4n) is 10.8. The predicted octanol–water partition coefficient (Wildman–Crippen LogP) is 7.30. The summed E-state index contributed by atoms with van der Waals surface area (Å²) in [5, 5.41) is 28.0. The highest BCUT2D eigenvalue weighted by molar-refractivity contribution is 6.25. The van der Waals surface area contributed by atoms with E-state index in [0.717, 1.165) is 10.5 Å². The van der Waals surface area contributed by atoms with Crippen LogP contribution in [0.1, 0.15) is 77.1 Å². The van der Waals surface area contributed by atoms with Crippen LogP contribution in [0, 0.1) is 23.7 Å². The van der Waals surface area contributed by atoms with Crippen molar-refractivity contribution in [1.29, 1.82) is 0 Å². The molecular formula is C59H57N5O9. The number of carbonyl (C=O) groups is 5. The summed E-state index contributed by atoms with van der Waals surface area (Å²) in [6, 6.07) is 42.8. The number of benzene rings is 6. The molecule has 0 aliphatic carbocycles. The second-order valence-corrected chi connectivity index (χ2v) is 19.1. The molecule has 2 fully saturated rings. The minimum absolute atomic E-state index is 0.0761. The minimum atomic E-state index is -2.16. The summed E-state index contributed by atoms with van der Waals surface area (Å²) in [5.41, 5.74) is 2.01. The van der Waals surface area contributed by atoms with Gasteiger partial charge < -0.3 is 30.3 Å². The van der Waals surface area contributed by atoms with Crippen LogP contribution in [0.4, 0.5) is 10.5 Å². The number of aromatic hydroxyl groups is 1. The van der Waals surface area contributed by atoms with Crippen LogP contribution in [-0.2, 0) is 40.6 Å². The molecule has 4 N–H and O–H groups in total. The number of esters is 2. The van der Waals surface area contributed by atoms with E-state index in [1.807, 2.05) is 103 Å². The van der Waals surface area contributed by atoms with Crippen LogP contribution in [0.25, 0.3) is 0 Å². The van der Waals surface area contributed by atoms with E-state index >= 15 is 19.2 Å². The molecule has 2 saturated heterocycles. The third-order valence-corrected chi connectivity index (χ3v) is 14.1. The minimum Gasteiger partial charge on any atom is -0.508 e. The number of anilines is 1. The Balaban J connectivity index is 1.29. The van der Waals surface area contributed by atoms with Gasteiger partial charge in [-0.15, -0.1) is 0 Å². The summed E-state index contributed by atoms with van der Waals surface area (Å²) < 4.78 is 11.6. The van der Waals surface area contributed by atoms with Crippen molar-refractivity contribution in [3.63, 3.8) is 0 Å². The first-order valence-electron chi connectivity index (χ1n) is 24.3. The molecule has 3 aliphatic heterocycles. The van der Waals surface area contributed by atoms with Gasteiger partial charge in [-0.2, -0.15) is 0 Å². The molecular weight excluding hydrogens is 923 g/mol. The highest BCUT2D eigenvalue weighted by Gasteiger charge is 2.75. The lowest BCUT2D eigenvalue weighted by Crippen LogP contribution is -2.58. The smallest absolute Gasteiger partial charge is 0.329 e. The lowest BCUT2D eigenvalue weighted by Gasteiger charge is -2.46. The summed E-state index contributed by atoms with van der Waals surface area (Å²) in [4.78, 5) is 81.1. The summed E-state index contributed by atoms with van der Waals surface area (Å²) in [5.74, 6) is 1.15. The monoisotopic (exact) mass is 979 g/mol. The maximum atomic E-state index is 16.6. The van der Waals surface area contributed by atoms with Gasteiger partial charge in [-0.3, -0.25) is 24.2 Å². The molecule has 3 heterocycles. The third-order valence-electron chi connectivity index (χ3n) is 14.1. The molecule has 4 amide bonds. The Morgan fingerprint density at radius 1 is 0.795 bits per heavy atom. The Morgan fingerprint density at radius 3 is 2.04 bits per heavy atom. The van der Waals surface area contributed by atoms with Gasteiger partial charge in [-0.25, -0.2) is 14.5 Å². The zero-order valence-electron chi connectivity index (χ0n) is 40.9. The number of phenols is 1. The first-order valence-corrected chi connectivity index (χ1v) is 24.3. The molecule has 14 heteroatoms. The number of cyclic esters (lactones) is 1. The average Bonchev–Trinajstić information content (AvgIpc) is 3.90. The molecule has 0 radical (unpaired) electrons. The summed E-state index contributed by atoms with van der Waals surface area (Å²) >= 11 is 0. The number of urea groups is 1. The summed E-state index contributed by atoms with van der Waals surface area (Å²) in [6.45, 7) is 4.14. The maximum Gasteiger partial charge on any atom is 0.329 e. The highest BCUT2D eigenvalue weighted by Crippen LogP contribution is 2.66. The van der Waals surface area contributed by atoms with Crippen LogP contribution < -0.4 is 15.5 Å². The number of hydrogen-bond donors (Lipinski definition) is 4. The first-order chi connectivity index (χ1) is 35.3. The van der Waals surface area contributed by atoms with Crippen molar-refractivity contribution in [2.24, 2.45) is 11.8 Å². The van der Waals surface area contributed by atoms with Crippen LogP contribution in [0.15, 0.2) is 164 Å². The molecule has 6 aromatic rings. The van der Waals surface area contributed by atoms with Crippen molar-refractivity contribution in [2.45, 2.75) is 62.2 Å². The zero-order chi connectivity index (χ0) is 51.4. The lowest BCUT2D eigenvalue weighted by atomic mass is 9.65. The largest absolute Gasteiger partial charge is 0.508 e. The highest BCUT2D eigenvalue weighted by atomic mass is 16.6. The maximum absolute atomic E-state index is 16.6. The number of fused-ring (bicyclic) bond motifs is 3. The van der Waals surface area contributed by atoms with Gasteiger partial charge in [0.15, 0.2) is 0 Å². The topological polar surface area (TPSA) is 178 Å². The van der Waals surface area contributed by atoms with E-state index in [1.54, 1.807) is 74.5 Å². The molecule has 0 saturated carbocycles. The number of nitrogens with one attached hydrogen (secondary N) is 2. The molecule has 8 atom stereocenters. The van der Waals surface area contributed by atoms with Crippen molar-refractivity contribution in [3.05, 3.63) is 203 Å². The van der Waals surface area contributed by atoms with E-state index in [-0.39, 0.29) is 23.5 Å². The van der Waals surface area contributed by atoms with E-state index in [1.165, 1.54) is 19.2 Å². The quantitative estimate of drug-likeness (QED) is 0.0675. The van der Waals surface area contributed by atoms with Gasteiger partial charge >= 0.3 is 18.0 Å². The molecule has 0 unspecified atom stereocenters. The van der Waals surface area contributed by atoms with E-state index in [9.17, 15) is 15.0 Å². The zero-order valence-corrected chi connectivity index (χ0v) is 40.9. The van der Waals surface area contributed by atoms with Gasteiger partial charge in [-0.1, -0.05) is 159 Å². The summed E-state index contributed by atoms with van der Waals surface area (Å²) in [6.07, 6.45) is -2.16. The lowest BCUT2D eigenvalue weighted by molar-refractivity contribution is -0.178. The Morgan fingerprint density at radius 2 is 1.41 bits per heavy atom. The van der Waals surface area contributed by atoms with Crippen LogP contribution >= 0.6 is 0 Å². The number of imide groups is 1. The van der Waals surface area contributed by atoms with Crippen molar-refractivity contribution in [1.82, 2.24) is 20.4 Å². The molecule has 0 aromatic heterocycles. The van der Waals surface area contributed by atoms with Crippen LogP contribution in [-0.4, -0.2) is 89.1 Å². The molecule has 73 heavy (non-hydrogen) atoms. The van der Waals surface area contributed by atoms with Gasteiger partial charge in [0.2, 0.25) is 11.8 Å². The second kappa shape index (κ2) is 21.3. The van der Waals surface area contributed by atoms with Gasteiger partial charge in [0.25, 0.3) is 0 Å². The molecule has 6 aromatic carbocycles. The van der Waals surface area contributed by atoms with E-state index < -0.39 is 83.4 Å². The van der Waals surface area contributed by atoms with Gasteiger partial charge in [0.1, 0.15) is 29.4 Å². The van der Waals surface area contributed by atoms with Crippen molar-refractivity contribution in [2.75, 3.05) is 32.1 Å². The fourth-order valence-corrected chi connectivity index (χ4v) is 10.8.